The molecule has 0 fully saturated rings. The molecule has 0 unspecified atom stereocenters. The number of fused-ring (bicyclic) bond motifs is 2. The minimum atomic E-state index is 0.619. The van der Waals surface area contributed by atoms with E-state index in [0.717, 1.165) is 28.3 Å². The van der Waals surface area contributed by atoms with Gasteiger partial charge in [0.2, 0.25) is 0 Å². The van der Waals surface area contributed by atoms with Gasteiger partial charge in [-0.15, -0.1) is 0 Å². The molecule has 0 amide bonds. The second-order valence-electron chi connectivity index (χ2n) is 5.79. The maximum absolute atomic E-state index is 6.16. The second-order valence-corrected chi connectivity index (χ2v) is 6.23. The molecule has 0 spiro atoms. The summed E-state index contributed by atoms with van der Waals surface area (Å²) in [6.07, 6.45) is 3.98. The summed E-state index contributed by atoms with van der Waals surface area (Å²) in [5.41, 5.74) is 3.38. The van der Waals surface area contributed by atoms with Crippen molar-refractivity contribution >= 4 is 23.0 Å². The fourth-order valence-electron chi connectivity index (χ4n) is 2.75. The molecule has 1 aliphatic rings. The van der Waals surface area contributed by atoms with E-state index in [0.29, 0.717) is 16.5 Å². The third-order valence-electron chi connectivity index (χ3n) is 4.07. The first-order chi connectivity index (χ1) is 12.1. The first-order valence-electron chi connectivity index (χ1n) is 7.84. The smallest absolute Gasteiger partial charge is 0.169 e. The van der Waals surface area contributed by atoms with E-state index < -0.39 is 0 Å². The van der Waals surface area contributed by atoms with Crippen LogP contribution in [0, 0.1) is 0 Å². The van der Waals surface area contributed by atoms with Crippen LogP contribution in [-0.4, -0.2) is 12.8 Å². The first kappa shape index (κ1) is 15.7. The predicted octanol–water partition coefficient (Wildman–Crippen LogP) is 4.45. The van der Waals surface area contributed by atoms with E-state index in [1.165, 1.54) is 0 Å². The number of rotatable bonds is 2. The van der Waals surface area contributed by atoms with Gasteiger partial charge < -0.3 is 9.47 Å². The molecular formula is C20H16ClN2O2+. The highest BCUT2D eigenvalue weighted by molar-refractivity contribution is 6.31. The summed E-state index contributed by atoms with van der Waals surface area (Å²) in [5, 5.41) is 0.619. The van der Waals surface area contributed by atoms with Gasteiger partial charge in [-0.1, -0.05) is 11.6 Å². The first-order valence-corrected chi connectivity index (χ1v) is 8.22. The quantitative estimate of drug-likeness (QED) is 0.500. The highest BCUT2D eigenvalue weighted by atomic mass is 35.5. The molecule has 124 valence electrons. The number of ether oxygens (including phenoxy) is 2. The summed E-state index contributed by atoms with van der Waals surface area (Å²) in [5.74, 6) is 2.15. The number of nitrogens with zero attached hydrogens (tertiary/aromatic N) is 2. The molecule has 4 nitrogen and oxygen atoms in total. The van der Waals surface area contributed by atoms with E-state index in [4.69, 9.17) is 26.1 Å². The van der Waals surface area contributed by atoms with Gasteiger partial charge in [0.1, 0.15) is 24.2 Å². The number of aliphatic imine (C=N–C) groups is 1. The Morgan fingerprint density at radius 2 is 1.76 bits per heavy atom. The molecule has 1 aliphatic heterocycles. The standard InChI is InChI=1S/C20H16ClN2O2/c1-23-9-7-13(8-10-23)20-16-12-15(24-2)4-6-18(16)25-19-5-3-14(21)11-17(19)22-20/h3-12H,1-2H3/q+1. The molecule has 4 rings (SSSR count). The Morgan fingerprint density at radius 3 is 2.52 bits per heavy atom. The summed E-state index contributed by atoms with van der Waals surface area (Å²) in [4.78, 5) is 4.86. The molecule has 0 saturated heterocycles. The van der Waals surface area contributed by atoms with Crippen LogP contribution in [0.2, 0.25) is 5.02 Å². The Kier molecular flexibility index (Phi) is 3.90. The summed E-state index contributed by atoms with van der Waals surface area (Å²) < 4.78 is 13.5. The Bertz CT molecular complexity index is 981. The fraction of sp³-hybridized carbons (Fsp3) is 0.100. The van der Waals surface area contributed by atoms with Gasteiger partial charge in [-0.2, -0.15) is 0 Å². The number of aromatic nitrogens is 1. The Balaban J connectivity index is 1.98. The van der Waals surface area contributed by atoms with Gasteiger partial charge >= 0.3 is 0 Å². The topological polar surface area (TPSA) is 34.7 Å². The molecule has 0 atom stereocenters. The van der Waals surface area contributed by atoms with Gasteiger partial charge in [-0.05, 0) is 36.4 Å². The van der Waals surface area contributed by atoms with Gasteiger partial charge in [0, 0.05) is 28.3 Å². The summed E-state index contributed by atoms with van der Waals surface area (Å²) in [7, 11) is 3.63. The normalized spacial score (nSPS) is 12.4. The number of aryl methyl sites for hydroxylation is 1. The van der Waals surface area contributed by atoms with E-state index >= 15 is 0 Å². The van der Waals surface area contributed by atoms with Crippen LogP contribution >= 0.6 is 11.6 Å². The maximum atomic E-state index is 6.16. The molecule has 0 aliphatic carbocycles. The monoisotopic (exact) mass is 351 g/mol. The average Bonchev–Trinajstić information content (AvgIpc) is 2.78. The molecule has 0 bridgehead atoms. The van der Waals surface area contributed by atoms with E-state index in [2.05, 4.69) is 0 Å². The zero-order valence-electron chi connectivity index (χ0n) is 13.9. The zero-order chi connectivity index (χ0) is 17.4. The van der Waals surface area contributed by atoms with Gasteiger partial charge in [-0.3, -0.25) is 0 Å². The third-order valence-corrected chi connectivity index (χ3v) is 4.30. The minimum Gasteiger partial charge on any atom is -0.497 e. The van der Waals surface area contributed by atoms with E-state index in [1.807, 2.05) is 66.5 Å². The van der Waals surface area contributed by atoms with Crippen molar-refractivity contribution in [3.05, 3.63) is 77.1 Å². The van der Waals surface area contributed by atoms with Crippen molar-refractivity contribution in [1.82, 2.24) is 0 Å². The summed E-state index contributed by atoms with van der Waals surface area (Å²) >= 11 is 6.16. The zero-order valence-corrected chi connectivity index (χ0v) is 14.6. The molecule has 0 radical (unpaired) electrons. The van der Waals surface area contributed by atoms with E-state index in [1.54, 1.807) is 13.2 Å². The molecular weight excluding hydrogens is 336 g/mol. The number of methoxy groups -OCH3 is 1. The lowest BCUT2D eigenvalue weighted by Crippen LogP contribution is -2.26. The van der Waals surface area contributed by atoms with Crippen molar-refractivity contribution in [1.29, 1.82) is 0 Å². The highest BCUT2D eigenvalue weighted by Gasteiger charge is 2.21. The molecule has 0 saturated carbocycles. The SMILES string of the molecule is COc1ccc2c(c1)C(c1cc[n+](C)cc1)=Nc1cc(Cl)ccc1O2. The number of halogens is 1. The molecule has 5 heteroatoms. The summed E-state index contributed by atoms with van der Waals surface area (Å²) in [6.45, 7) is 0. The van der Waals surface area contributed by atoms with Gasteiger partial charge in [0.05, 0.1) is 12.8 Å². The second kappa shape index (κ2) is 6.22. The van der Waals surface area contributed by atoms with E-state index in [9.17, 15) is 0 Å². The van der Waals surface area contributed by atoms with Crippen LogP contribution < -0.4 is 14.0 Å². The lowest BCUT2D eigenvalue weighted by atomic mass is 10.0. The van der Waals surface area contributed by atoms with Crippen molar-refractivity contribution in [2.75, 3.05) is 7.11 Å². The van der Waals surface area contributed by atoms with Crippen LogP contribution in [0.1, 0.15) is 11.1 Å². The fourth-order valence-corrected chi connectivity index (χ4v) is 2.92. The molecule has 3 aromatic rings. The molecule has 1 aromatic heterocycles. The van der Waals surface area contributed by atoms with Crippen molar-refractivity contribution in [2.45, 2.75) is 0 Å². The highest BCUT2D eigenvalue weighted by Crippen LogP contribution is 2.41. The van der Waals surface area contributed by atoms with Crippen LogP contribution in [0.5, 0.6) is 17.2 Å². The number of hydrogen-bond acceptors (Lipinski definition) is 3. The number of hydrogen-bond donors (Lipinski definition) is 0. The predicted molar refractivity (Wildman–Crippen MR) is 97.4 cm³/mol. The van der Waals surface area contributed by atoms with Crippen molar-refractivity contribution in [2.24, 2.45) is 12.0 Å². The third kappa shape index (κ3) is 2.96. The van der Waals surface area contributed by atoms with Crippen LogP contribution in [0.15, 0.2) is 65.9 Å². The van der Waals surface area contributed by atoms with Crippen LogP contribution in [0.4, 0.5) is 5.69 Å². The molecule has 2 aromatic carbocycles. The van der Waals surface area contributed by atoms with Crippen molar-refractivity contribution < 1.29 is 14.0 Å². The van der Waals surface area contributed by atoms with Crippen LogP contribution in [0.25, 0.3) is 0 Å². The largest absolute Gasteiger partial charge is 0.497 e. The van der Waals surface area contributed by atoms with Gasteiger partial charge in [-0.25, -0.2) is 9.56 Å². The van der Waals surface area contributed by atoms with E-state index in [-0.39, 0.29) is 0 Å². The lowest BCUT2D eigenvalue weighted by Gasteiger charge is -2.11. The molecule has 25 heavy (non-hydrogen) atoms. The van der Waals surface area contributed by atoms with Crippen molar-refractivity contribution in [3.8, 4) is 17.2 Å². The maximum Gasteiger partial charge on any atom is 0.169 e. The van der Waals surface area contributed by atoms with Gasteiger partial charge in [0.25, 0.3) is 0 Å². The Morgan fingerprint density at radius 1 is 1.00 bits per heavy atom. The Hall–Kier alpha value is -2.85. The molecule has 2 heterocycles. The minimum absolute atomic E-state index is 0.619. The average molecular weight is 352 g/mol. The number of benzene rings is 2. The number of pyridine rings is 1. The van der Waals surface area contributed by atoms with Gasteiger partial charge in [0.15, 0.2) is 18.1 Å². The molecule has 0 N–H and O–H groups in total. The Labute approximate surface area is 150 Å². The van der Waals surface area contributed by atoms with Crippen LogP contribution in [0.3, 0.4) is 0 Å². The van der Waals surface area contributed by atoms with Crippen LogP contribution in [-0.2, 0) is 7.05 Å². The lowest BCUT2D eigenvalue weighted by molar-refractivity contribution is -0.671. The summed E-state index contributed by atoms with van der Waals surface area (Å²) in [6, 6.07) is 15.2. The van der Waals surface area contributed by atoms with Crippen molar-refractivity contribution in [3.63, 3.8) is 0 Å².